The molecule has 0 amide bonds. The van der Waals surface area contributed by atoms with Crippen LogP contribution in [-0.4, -0.2) is 47.2 Å². The van der Waals surface area contributed by atoms with Crippen molar-refractivity contribution < 1.29 is 13.2 Å². The van der Waals surface area contributed by atoms with Gasteiger partial charge in [0.05, 0.1) is 11.0 Å². The maximum absolute atomic E-state index is 13.9. The smallest absolute Gasteiger partial charge is 0.356 e. The highest BCUT2D eigenvalue weighted by Crippen LogP contribution is 2.40. The molecule has 4 nitrogen and oxygen atoms in total. The Morgan fingerprint density at radius 3 is 2.51 bits per heavy atom. The van der Waals surface area contributed by atoms with Crippen LogP contribution < -0.4 is 4.90 Å². The number of fused-ring (bicyclic) bond motifs is 1. The van der Waals surface area contributed by atoms with Gasteiger partial charge in [0.15, 0.2) is 0 Å². The van der Waals surface area contributed by atoms with Gasteiger partial charge in [0, 0.05) is 47.4 Å². The topological polar surface area (TPSA) is 24.3 Å². The van der Waals surface area contributed by atoms with Gasteiger partial charge in [0.2, 0.25) is 0 Å². The van der Waals surface area contributed by atoms with Crippen LogP contribution in [0.5, 0.6) is 0 Å². The van der Waals surface area contributed by atoms with E-state index in [0.29, 0.717) is 43.1 Å². The van der Waals surface area contributed by atoms with E-state index in [-0.39, 0.29) is 11.4 Å². The molecule has 1 unspecified atom stereocenters. The molecule has 3 aromatic rings. The molecule has 0 saturated carbocycles. The number of alkyl halides is 3. The summed E-state index contributed by atoms with van der Waals surface area (Å²) in [6, 6.07) is 8.33. The molecule has 35 heavy (non-hydrogen) atoms. The second kappa shape index (κ2) is 9.49. The minimum atomic E-state index is -4.54. The second-order valence-electron chi connectivity index (χ2n) is 9.81. The third kappa shape index (κ3) is 4.75. The van der Waals surface area contributed by atoms with E-state index in [0.717, 1.165) is 38.2 Å². The summed E-state index contributed by atoms with van der Waals surface area (Å²) in [5, 5.41) is 0.907. The van der Waals surface area contributed by atoms with Crippen LogP contribution in [0, 0.1) is 11.8 Å². The Morgan fingerprint density at radius 2 is 1.83 bits per heavy atom. The van der Waals surface area contributed by atoms with Crippen molar-refractivity contribution in [3.63, 3.8) is 0 Å². The van der Waals surface area contributed by atoms with Crippen molar-refractivity contribution in [2.24, 2.45) is 11.8 Å². The predicted octanol–water partition coefficient (Wildman–Crippen LogP) is 7.14. The van der Waals surface area contributed by atoms with Gasteiger partial charge in [-0.25, -0.2) is 4.98 Å². The number of likely N-dealkylation sites (tertiary alicyclic amines) is 1. The van der Waals surface area contributed by atoms with E-state index in [1.165, 1.54) is 25.5 Å². The molecule has 2 atom stereocenters. The Labute approximate surface area is 213 Å². The lowest BCUT2D eigenvalue weighted by Gasteiger charge is -2.47. The lowest BCUT2D eigenvalue weighted by atomic mass is 9.80. The SMILES string of the molecule is CCN1CCC[C@H](C2CN(c3ccc4c(n3)c(C(C)c3ccc(Cl)cc3Cl)cn4C(F)(F)F)C2)C1. The number of rotatable bonds is 5. The summed E-state index contributed by atoms with van der Waals surface area (Å²) in [6.07, 6.45) is -0.910. The van der Waals surface area contributed by atoms with E-state index in [9.17, 15) is 13.2 Å². The predicted molar refractivity (Wildman–Crippen MR) is 136 cm³/mol. The van der Waals surface area contributed by atoms with Gasteiger partial charge in [-0.1, -0.05) is 43.1 Å². The summed E-state index contributed by atoms with van der Waals surface area (Å²) < 4.78 is 41.9. The summed E-state index contributed by atoms with van der Waals surface area (Å²) >= 11 is 12.4. The summed E-state index contributed by atoms with van der Waals surface area (Å²) in [6.45, 7) is 9.25. The first-order valence-electron chi connectivity index (χ1n) is 12.2. The average Bonchev–Trinajstić information content (AvgIpc) is 3.17. The molecule has 4 heterocycles. The fourth-order valence-electron chi connectivity index (χ4n) is 5.60. The van der Waals surface area contributed by atoms with Gasteiger partial charge >= 0.3 is 6.30 Å². The standard InChI is InChI=1S/C26H29Cl2F3N4/c1-3-33-10-4-5-17(12-33)18-13-34(14-18)24-9-8-23-25(32-24)21(15-35(23)26(29,30)31)16(2)20-7-6-19(27)11-22(20)28/h6-9,11,15-18H,3-5,10,12-14H2,1-2H3/t16?,17-/m0/s1. The number of nitrogens with zero attached hydrogens (tertiary/aromatic N) is 4. The van der Waals surface area contributed by atoms with E-state index in [1.807, 2.05) is 6.92 Å². The molecule has 2 saturated heterocycles. The van der Waals surface area contributed by atoms with E-state index >= 15 is 0 Å². The molecule has 0 aliphatic carbocycles. The zero-order chi connectivity index (χ0) is 24.9. The van der Waals surface area contributed by atoms with Crippen molar-refractivity contribution in [2.45, 2.75) is 38.9 Å². The second-order valence-corrected chi connectivity index (χ2v) is 10.7. The molecule has 0 bridgehead atoms. The number of pyridine rings is 1. The highest BCUT2D eigenvalue weighted by Gasteiger charge is 2.37. The number of aromatic nitrogens is 2. The molecule has 0 spiro atoms. The Balaban J connectivity index is 1.45. The van der Waals surface area contributed by atoms with Crippen molar-refractivity contribution in [1.29, 1.82) is 0 Å². The number of hydrogen-bond acceptors (Lipinski definition) is 3. The normalized spacial score (nSPS) is 20.9. The Hall–Kier alpha value is -1.96. The molecule has 0 radical (unpaired) electrons. The molecular weight excluding hydrogens is 496 g/mol. The molecule has 2 aliphatic heterocycles. The number of piperidine rings is 1. The number of hydrogen-bond donors (Lipinski definition) is 0. The largest absolute Gasteiger partial charge is 0.488 e. The zero-order valence-electron chi connectivity index (χ0n) is 19.8. The third-order valence-corrected chi connectivity index (χ3v) is 8.28. The lowest BCUT2D eigenvalue weighted by molar-refractivity contribution is -0.200. The highest BCUT2D eigenvalue weighted by atomic mass is 35.5. The quantitative estimate of drug-likeness (QED) is 0.354. The van der Waals surface area contributed by atoms with Gasteiger partial charge in [-0.05, 0) is 67.6 Å². The van der Waals surface area contributed by atoms with Gasteiger partial charge in [-0.2, -0.15) is 0 Å². The summed E-state index contributed by atoms with van der Waals surface area (Å²) in [7, 11) is 0. The Morgan fingerprint density at radius 1 is 1.06 bits per heavy atom. The number of benzene rings is 1. The number of halogens is 5. The first kappa shape index (κ1) is 24.7. The molecule has 0 N–H and O–H groups in total. The maximum atomic E-state index is 13.9. The van der Waals surface area contributed by atoms with Gasteiger partial charge in [0.1, 0.15) is 5.82 Å². The summed E-state index contributed by atoms with van der Waals surface area (Å²) in [4.78, 5) is 9.46. The van der Waals surface area contributed by atoms with Crippen molar-refractivity contribution in [3.8, 4) is 0 Å². The van der Waals surface area contributed by atoms with Crippen LogP contribution in [0.1, 0.15) is 43.7 Å². The van der Waals surface area contributed by atoms with Gasteiger partial charge in [-0.15, -0.1) is 13.2 Å². The van der Waals surface area contributed by atoms with Crippen molar-refractivity contribution in [2.75, 3.05) is 37.6 Å². The van der Waals surface area contributed by atoms with Crippen LogP contribution in [0.4, 0.5) is 19.0 Å². The van der Waals surface area contributed by atoms with Crippen molar-refractivity contribution >= 4 is 40.1 Å². The Bertz CT molecular complexity index is 1220. The van der Waals surface area contributed by atoms with Crippen LogP contribution in [0.3, 0.4) is 0 Å². The fraction of sp³-hybridized carbons (Fsp3) is 0.500. The molecule has 2 aromatic heterocycles. The van der Waals surface area contributed by atoms with E-state index < -0.39 is 6.30 Å². The van der Waals surface area contributed by atoms with Crippen LogP contribution in [0.25, 0.3) is 11.0 Å². The molecule has 1 aromatic carbocycles. The minimum absolute atomic E-state index is 0.0520. The maximum Gasteiger partial charge on any atom is 0.488 e. The van der Waals surface area contributed by atoms with Crippen LogP contribution in [0.15, 0.2) is 36.5 Å². The minimum Gasteiger partial charge on any atom is -0.356 e. The third-order valence-electron chi connectivity index (χ3n) is 7.72. The highest BCUT2D eigenvalue weighted by molar-refractivity contribution is 6.35. The van der Waals surface area contributed by atoms with E-state index in [4.69, 9.17) is 28.2 Å². The molecular formula is C26H29Cl2F3N4. The summed E-state index contributed by atoms with van der Waals surface area (Å²) in [5.41, 5.74) is 1.62. The molecule has 2 fully saturated rings. The summed E-state index contributed by atoms with van der Waals surface area (Å²) in [5.74, 6) is 1.62. The van der Waals surface area contributed by atoms with E-state index in [1.54, 1.807) is 24.3 Å². The van der Waals surface area contributed by atoms with Crippen molar-refractivity contribution in [3.05, 3.63) is 57.7 Å². The average molecular weight is 525 g/mol. The monoisotopic (exact) mass is 524 g/mol. The first-order chi connectivity index (χ1) is 16.7. The van der Waals surface area contributed by atoms with Gasteiger partial charge in [0.25, 0.3) is 0 Å². The Kier molecular flexibility index (Phi) is 6.70. The fourth-order valence-corrected chi connectivity index (χ4v) is 6.17. The molecule has 188 valence electrons. The van der Waals surface area contributed by atoms with Crippen LogP contribution in [0.2, 0.25) is 10.0 Å². The lowest BCUT2D eigenvalue weighted by Crippen LogP contribution is -2.53. The van der Waals surface area contributed by atoms with Gasteiger partial charge in [-0.3, -0.25) is 4.57 Å². The van der Waals surface area contributed by atoms with Crippen LogP contribution >= 0.6 is 23.2 Å². The van der Waals surface area contributed by atoms with Crippen molar-refractivity contribution in [1.82, 2.24) is 14.5 Å². The zero-order valence-corrected chi connectivity index (χ0v) is 21.3. The molecule has 5 rings (SSSR count). The first-order valence-corrected chi connectivity index (χ1v) is 12.9. The molecule has 2 aliphatic rings. The number of anilines is 1. The van der Waals surface area contributed by atoms with E-state index in [2.05, 4.69) is 16.7 Å². The molecule has 9 heteroatoms. The van der Waals surface area contributed by atoms with Crippen LogP contribution in [-0.2, 0) is 6.30 Å². The van der Waals surface area contributed by atoms with Gasteiger partial charge < -0.3 is 9.80 Å².